The molecule has 1 N–H and O–H groups in total. The lowest BCUT2D eigenvalue weighted by molar-refractivity contribution is -0.120. The van der Waals surface area contributed by atoms with Crippen LogP contribution in [0, 0.1) is 0 Å². The van der Waals surface area contributed by atoms with Crippen LogP contribution in [0.4, 0.5) is 11.4 Å². The first kappa shape index (κ1) is 14.7. The van der Waals surface area contributed by atoms with E-state index in [4.69, 9.17) is 0 Å². The fraction of sp³-hybridized carbons (Fsp3) is 0.0556. The van der Waals surface area contributed by atoms with Gasteiger partial charge in [-0.3, -0.25) is 14.4 Å². The van der Waals surface area contributed by atoms with E-state index in [1.165, 1.54) is 19.1 Å². The quantitative estimate of drug-likeness (QED) is 0.887. The Bertz CT molecular complexity index is 787. The van der Waals surface area contributed by atoms with Crippen molar-refractivity contribution >= 4 is 29.1 Å². The molecule has 23 heavy (non-hydrogen) atoms. The first-order chi connectivity index (χ1) is 11.0. The Kier molecular flexibility index (Phi) is 3.76. The van der Waals surface area contributed by atoms with E-state index in [-0.39, 0.29) is 17.7 Å². The standard InChI is InChI=1S/C18H14N2O3/c1-12(21)19-15-6-2-13(3-7-15)14-4-8-16(9-5-14)20-17(22)10-11-18(20)23/h2-11H,1H3,(H,19,21). The van der Waals surface area contributed by atoms with Crippen LogP contribution in [0.1, 0.15) is 6.92 Å². The Labute approximate surface area is 133 Å². The Morgan fingerprint density at radius 1 is 0.826 bits per heavy atom. The Hall–Kier alpha value is -3.21. The summed E-state index contributed by atoms with van der Waals surface area (Å²) in [7, 11) is 0. The maximum absolute atomic E-state index is 11.6. The van der Waals surface area contributed by atoms with E-state index in [1.54, 1.807) is 12.1 Å². The predicted molar refractivity (Wildman–Crippen MR) is 87.8 cm³/mol. The van der Waals surface area contributed by atoms with Crippen molar-refractivity contribution in [3.8, 4) is 11.1 Å². The van der Waals surface area contributed by atoms with Crippen LogP contribution in [-0.4, -0.2) is 17.7 Å². The van der Waals surface area contributed by atoms with Crippen LogP contribution in [0.5, 0.6) is 0 Å². The fourth-order valence-corrected chi connectivity index (χ4v) is 2.41. The molecule has 2 aromatic rings. The Balaban J connectivity index is 1.81. The third kappa shape index (κ3) is 3.03. The number of hydrogen-bond donors (Lipinski definition) is 1. The highest BCUT2D eigenvalue weighted by molar-refractivity contribution is 6.28. The van der Waals surface area contributed by atoms with E-state index < -0.39 is 0 Å². The monoisotopic (exact) mass is 306 g/mol. The maximum Gasteiger partial charge on any atom is 0.258 e. The zero-order chi connectivity index (χ0) is 16.4. The molecule has 0 aliphatic carbocycles. The van der Waals surface area contributed by atoms with Crippen molar-refractivity contribution in [2.45, 2.75) is 6.92 Å². The predicted octanol–water partition coefficient (Wildman–Crippen LogP) is 2.74. The maximum atomic E-state index is 11.6. The molecule has 5 heteroatoms. The molecular weight excluding hydrogens is 292 g/mol. The summed E-state index contributed by atoms with van der Waals surface area (Å²) in [6.07, 6.45) is 2.52. The molecule has 3 amide bonds. The molecule has 0 unspecified atom stereocenters. The lowest BCUT2D eigenvalue weighted by Gasteiger charge is -2.14. The van der Waals surface area contributed by atoms with Gasteiger partial charge in [-0.2, -0.15) is 0 Å². The molecule has 0 saturated carbocycles. The zero-order valence-electron chi connectivity index (χ0n) is 12.4. The molecule has 1 aliphatic rings. The second kappa shape index (κ2) is 5.88. The molecule has 0 atom stereocenters. The van der Waals surface area contributed by atoms with Gasteiger partial charge in [-0.25, -0.2) is 4.90 Å². The van der Waals surface area contributed by atoms with E-state index >= 15 is 0 Å². The summed E-state index contributed by atoms with van der Waals surface area (Å²) < 4.78 is 0. The third-order valence-corrected chi connectivity index (χ3v) is 3.47. The number of hydrogen-bond acceptors (Lipinski definition) is 3. The molecule has 1 heterocycles. The summed E-state index contributed by atoms with van der Waals surface area (Å²) in [5, 5.41) is 2.71. The van der Waals surface area contributed by atoms with Crippen molar-refractivity contribution in [3.05, 3.63) is 60.7 Å². The average Bonchev–Trinajstić information content (AvgIpc) is 2.87. The third-order valence-electron chi connectivity index (χ3n) is 3.47. The van der Waals surface area contributed by atoms with Crippen LogP contribution in [-0.2, 0) is 14.4 Å². The number of anilines is 2. The summed E-state index contributed by atoms with van der Waals surface area (Å²) in [5.74, 6) is -0.777. The van der Waals surface area contributed by atoms with Gasteiger partial charge in [0.2, 0.25) is 5.91 Å². The Morgan fingerprint density at radius 3 is 1.78 bits per heavy atom. The van der Waals surface area contributed by atoms with Crippen molar-refractivity contribution in [1.82, 2.24) is 0 Å². The van der Waals surface area contributed by atoms with Gasteiger partial charge >= 0.3 is 0 Å². The molecule has 0 spiro atoms. The van der Waals surface area contributed by atoms with Crippen LogP contribution in [0.3, 0.4) is 0 Å². The second-order valence-corrected chi connectivity index (χ2v) is 5.15. The van der Waals surface area contributed by atoms with Crippen molar-refractivity contribution < 1.29 is 14.4 Å². The highest BCUT2D eigenvalue weighted by atomic mass is 16.2. The van der Waals surface area contributed by atoms with Gasteiger partial charge < -0.3 is 5.32 Å². The van der Waals surface area contributed by atoms with E-state index in [1.807, 2.05) is 36.4 Å². The minimum absolute atomic E-state index is 0.115. The molecule has 0 aromatic heterocycles. The second-order valence-electron chi connectivity index (χ2n) is 5.15. The zero-order valence-corrected chi connectivity index (χ0v) is 12.4. The number of nitrogens with one attached hydrogen (secondary N) is 1. The van der Waals surface area contributed by atoms with Gasteiger partial charge in [0.15, 0.2) is 0 Å². The fourth-order valence-electron chi connectivity index (χ4n) is 2.41. The normalized spacial score (nSPS) is 13.5. The van der Waals surface area contributed by atoms with E-state index in [0.717, 1.165) is 21.7 Å². The topological polar surface area (TPSA) is 66.5 Å². The minimum atomic E-state index is -0.331. The van der Waals surface area contributed by atoms with Gasteiger partial charge in [0.05, 0.1) is 5.69 Å². The van der Waals surface area contributed by atoms with E-state index in [9.17, 15) is 14.4 Å². The molecule has 2 aromatic carbocycles. The molecule has 0 bridgehead atoms. The van der Waals surface area contributed by atoms with Gasteiger partial charge in [0, 0.05) is 24.8 Å². The smallest absolute Gasteiger partial charge is 0.258 e. The van der Waals surface area contributed by atoms with Gasteiger partial charge in [-0.05, 0) is 35.4 Å². The number of nitrogens with zero attached hydrogens (tertiary/aromatic N) is 1. The summed E-state index contributed by atoms with van der Waals surface area (Å²) in [6, 6.07) is 14.6. The van der Waals surface area contributed by atoms with Crippen LogP contribution < -0.4 is 10.2 Å². The number of imide groups is 1. The molecule has 0 fully saturated rings. The van der Waals surface area contributed by atoms with Crippen LogP contribution in [0.2, 0.25) is 0 Å². The highest BCUT2D eigenvalue weighted by Gasteiger charge is 2.24. The number of rotatable bonds is 3. The number of benzene rings is 2. The Morgan fingerprint density at radius 2 is 1.30 bits per heavy atom. The number of amides is 3. The molecule has 0 saturated heterocycles. The first-order valence-electron chi connectivity index (χ1n) is 7.09. The van der Waals surface area contributed by atoms with Crippen LogP contribution in [0.25, 0.3) is 11.1 Å². The summed E-state index contributed by atoms with van der Waals surface area (Å²) >= 11 is 0. The van der Waals surface area contributed by atoms with Crippen molar-refractivity contribution in [2.24, 2.45) is 0 Å². The summed E-state index contributed by atoms with van der Waals surface area (Å²) in [4.78, 5) is 35.4. The van der Waals surface area contributed by atoms with Crippen LogP contribution >= 0.6 is 0 Å². The van der Waals surface area contributed by atoms with E-state index in [0.29, 0.717) is 5.69 Å². The minimum Gasteiger partial charge on any atom is -0.326 e. The molecule has 0 radical (unpaired) electrons. The van der Waals surface area contributed by atoms with Crippen molar-refractivity contribution in [1.29, 1.82) is 0 Å². The largest absolute Gasteiger partial charge is 0.326 e. The number of carbonyl (C=O) groups is 3. The van der Waals surface area contributed by atoms with Crippen LogP contribution in [0.15, 0.2) is 60.7 Å². The average molecular weight is 306 g/mol. The molecular formula is C18H14N2O3. The van der Waals surface area contributed by atoms with Gasteiger partial charge in [0.25, 0.3) is 11.8 Å². The SMILES string of the molecule is CC(=O)Nc1ccc(-c2ccc(N3C(=O)C=CC3=O)cc2)cc1. The van der Waals surface area contributed by atoms with Gasteiger partial charge in [0.1, 0.15) is 0 Å². The lowest BCUT2D eigenvalue weighted by atomic mass is 10.0. The highest BCUT2D eigenvalue weighted by Crippen LogP contribution is 2.26. The molecule has 114 valence electrons. The lowest BCUT2D eigenvalue weighted by Crippen LogP contribution is -2.29. The van der Waals surface area contributed by atoms with Crippen molar-refractivity contribution in [2.75, 3.05) is 10.2 Å². The van der Waals surface area contributed by atoms with Crippen molar-refractivity contribution in [3.63, 3.8) is 0 Å². The molecule has 3 rings (SSSR count). The molecule has 5 nitrogen and oxygen atoms in total. The van der Waals surface area contributed by atoms with Gasteiger partial charge in [-0.1, -0.05) is 24.3 Å². The summed E-state index contributed by atoms with van der Waals surface area (Å²) in [6.45, 7) is 1.46. The first-order valence-corrected chi connectivity index (χ1v) is 7.09. The van der Waals surface area contributed by atoms with Gasteiger partial charge in [-0.15, -0.1) is 0 Å². The van der Waals surface area contributed by atoms with E-state index in [2.05, 4.69) is 5.32 Å². The number of carbonyl (C=O) groups excluding carboxylic acids is 3. The molecule has 1 aliphatic heterocycles. The summed E-state index contributed by atoms with van der Waals surface area (Å²) in [5.41, 5.74) is 3.21.